The van der Waals surface area contributed by atoms with Crippen LogP contribution in [0.15, 0.2) is 28.8 Å². The van der Waals surface area contributed by atoms with Gasteiger partial charge in [0, 0.05) is 12.5 Å². The normalized spacial score (nSPS) is 10.7. The second kappa shape index (κ2) is 6.29. The lowest BCUT2D eigenvalue weighted by Crippen LogP contribution is -2.08. The first-order valence-electron chi connectivity index (χ1n) is 6.46. The summed E-state index contributed by atoms with van der Waals surface area (Å²) in [6, 6.07) is 4.95. The number of nitro benzene ring substituents is 1. The molecule has 20 heavy (non-hydrogen) atoms. The van der Waals surface area contributed by atoms with Gasteiger partial charge >= 0.3 is 0 Å². The van der Waals surface area contributed by atoms with E-state index < -0.39 is 4.92 Å². The molecule has 0 amide bonds. The summed E-state index contributed by atoms with van der Waals surface area (Å²) in [6.07, 6.45) is 3.17. The summed E-state index contributed by atoms with van der Waals surface area (Å²) >= 11 is 0. The highest BCUT2D eigenvalue weighted by atomic mass is 16.6. The van der Waals surface area contributed by atoms with Crippen LogP contribution in [0.1, 0.15) is 17.9 Å². The van der Waals surface area contributed by atoms with Gasteiger partial charge < -0.3 is 9.73 Å². The molecule has 0 aliphatic heterocycles. The third-order valence-corrected chi connectivity index (χ3v) is 2.99. The fourth-order valence-electron chi connectivity index (χ4n) is 1.97. The standard InChI is InChI=1S/C14H17N3O3/c1-10-5-6-12(17(18)19)11(8-10)13-9-16-14(20-13)4-3-7-15-2/h5-6,8-9,15H,3-4,7H2,1-2H3. The van der Waals surface area contributed by atoms with Crippen molar-refractivity contribution in [3.8, 4) is 11.3 Å². The zero-order chi connectivity index (χ0) is 14.5. The van der Waals surface area contributed by atoms with Gasteiger partial charge in [-0.1, -0.05) is 6.07 Å². The summed E-state index contributed by atoms with van der Waals surface area (Å²) < 4.78 is 5.62. The number of rotatable bonds is 6. The van der Waals surface area contributed by atoms with Crippen LogP contribution in [0.5, 0.6) is 0 Å². The number of nitrogens with one attached hydrogen (secondary N) is 1. The Bertz CT molecular complexity index is 607. The van der Waals surface area contributed by atoms with Crippen LogP contribution in [0.3, 0.4) is 0 Å². The van der Waals surface area contributed by atoms with Crippen LogP contribution in [0, 0.1) is 17.0 Å². The molecule has 6 heteroatoms. The molecule has 106 valence electrons. The molecular formula is C14H17N3O3. The van der Waals surface area contributed by atoms with E-state index in [1.54, 1.807) is 18.3 Å². The fraction of sp³-hybridized carbons (Fsp3) is 0.357. The van der Waals surface area contributed by atoms with E-state index in [-0.39, 0.29) is 5.69 Å². The molecule has 1 N–H and O–H groups in total. The first-order chi connectivity index (χ1) is 9.61. The van der Waals surface area contributed by atoms with E-state index in [0.29, 0.717) is 23.6 Å². The van der Waals surface area contributed by atoms with E-state index in [1.165, 1.54) is 6.07 Å². The van der Waals surface area contributed by atoms with Crippen LogP contribution in [-0.2, 0) is 6.42 Å². The largest absolute Gasteiger partial charge is 0.440 e. The number of hydrogen-bond acceptors (Lipinski definition) is 5. The first-order valence-corrected chi connectivity index (χ1v) is 6.46. The minimum absolute atomic E-state index is 0.0357. The van der Waals surface area contributed by atoms with Crippen molar-refractivity contribution < 1.29 is 9.34 Å². The molecule has 0 saturated heterocycles. The molecule has 0 unspecified atom stereocenters. The molecule has 0 bridgehead atoms. The molecule has 1 heterocycles. The van der Waals surface area contributed by atoms with Gasteiger partial charge in [-0.15, -0.1) is 0 Å². The summed E-state index contributed by atoms with van der Waals surface area (Å²) in [4.78, 5) is 14.8. The van der Waals surface area contributed by atoms with E-state index in [1.807, 2.05) is 14.0 Å². The number of nitro groups is 1. The monoisotopic (exact) mass is 275 g/mol. The molecule has 0 aliphatic rings. The van der Waals surface area contributed by atoms with Crippen LogP contribution >= 0.6 is 0 Å². The van der Waals surface area contributed by atoms with E-state index in [2.05, 4.69) is 10.3 Å². The maximum absolute atomic E-state index is 11.1. The lowest BCUT2D eigenvalue weighted by atomic mass is 10.1. The van der Waals surface area contributed by atoms with Crippen molar-refractivity contribution in [2.75, 3.05) is 13.6 Å². The van der Waals surface area contributed by atoms with E-state index in [0.717, 1.165) is 18.5 Å². The van der Waals surface area contributed by atoms with E-state index >= 15 is 0 Å². The molecular weight excluding hydrogens is 258 g/mol. The Morgan fingerprint density at radius 3 is 2.95 bits per heavy atom. The minimum atomic E-state index is -0.405. The topological polar surface area (TPSA) is 81.2 Å². The van der Waals surface area contributed by atoms with Crippen molar-refractivity contribution in [3.63, 3.8) is 0 Å². The molecule has 0 saturated carbocycles. The Morgan fingerprint density at radius 2 is 2.25 bits per heavy atom. The SMILES string of the molecule is CNCCCc1ncc(-c2cc(C)ccc2[N+](=O)[O-])o1. The highest BCUT2D eigenvalue weighted by molar-refractivity contribution is 5.69. The smallest absolute Gasteiger partial charge is 0.280 e. The Balaban J connectivity index is 2.27. The number of aryl methyl sites for hydroxylation is 2. The molecule has 1 aromatic heterocycles. The second-order valence-electron chi connectivity index (χ2n) is 4.60. The van der Waals surface area contributed by atoms with Gasteiger partial charge in [0.1, 0.15) is 0 Å². The average molecular weight is 275 g/mol. The molecule has 0 atom stereocenters. The van der Waals surface area contributed by atoms with Gasteiger partial charge in [-0.05, 0) is 38.6 Å². The Morgan fingerprint density at radius 1 is 1.45 bits per heavy atom. The van der Waals surface area contributed by atoms with Crippen LogP contribution in [-0.4, -0.2) is 23.5 Å². The molecule has 2 rings (SSSR count). The quantitative estimate of drug-likeness (QED) is 0.498. The molecule has 1 aromatic carbocycles. The van der Waals surface area contributed by atoms with Crippen molar-refractivity contribution in [1.29, 1.82) is 0 Å². The lowest BCUT2D eigenvalue weighted by Gasteiger charge is -2.01. The second-order valence-corrected chi connectivity index (χ2v) is 4.60. The van der Waals surface area contributed by atoms with Crippen LogP contribution in [0.2, 0.25) is 0 Å². The summed E-state index contributed by atoms with van der Waals surface area (Å²) in [6.45, 7) is 2.76. The predicted octanol–water partition coefficient (Wildman–Crippen LogP) is 2.71. The van der Waals surface area contributed by atoms with Gasteiger partial charge in [-0.25, -0.2) is 4.98 Å². The molecule has 2 aromatic rings. The Kier molecular flexibility index (Phi) is 4.47. The van der Waals surface area contributed by atoms with Crippen molar-refractivity contribution in [2.45, 2.75) is 19.8 Å². The molecule has 0 fully saturated rings. The first kappa shape index (κ1) is 14.2. The average Bonchev–Trinajstić information content (AvgIpc) is 2.87. The van der Waals surface area contributed by atoms with Gasteiger partial charge in [0.05, 0.1) is 16.7 Å². The van der Waals surface area contributed by atoms with Gasteiger partial charge in [0.25, 0.3) is 5.69 Å². The predicted molar refractivity (Wildman–Crippen MR) is 75.6 cm³/mol. The number of nitrogens with zero attached hydrogens (tertiary/aromatic N) is 2. The molecule has 0 spiro atoms. The number of oxazole rings is 1. The van der Waals surface area contributed by atoms with E-state index in [4.69, 9.17) is 4.42 Å². The zero-order valence-electron chi connectivity index (χ0n) is 11.5. The summed E-state index contributed by atoms with van der Waals surface area (Å²) in [5, 5.41) is 14.1. The third-order valence-electron chi connectivity index (χ3n) is 2.99. The summed E-state index contributed by atoms with van der Waals surface area (Å²) in [7, 11) is 1.89. The third kappa shape index (κ3) is 3.21. The molecule has 6 nitrogen and oxygen atoms in total. The molecule has 0 radical (unpaired) electrons. The van der Waals surface area contributed by atoms with E-state index in [9.17, 15) is 10.1 Å². The van der Waals surface area contributed by atoms with Crippen molar-refractivity contribution >= 4 is 5.69 Å². The van der Waals surface area contributed by atoms with Crippen molar-refractivity contribution in [1.82, 2.24) is 10.3 Å². The minimum Gasteiger partial charge on any atom is -0.440 e. The zero-order valence-corrected chi connectivity index (χ0v) is 11.5. The highest BCUT2D eigenvalue weighted by Gasteiger charge is 2.18. The number of aromatic nitrogens is 1. The van der Waals surface area contributed by atoms with Crippen LogP contribution in [0.4, 0.5) is 5.69 Å². The van der Waals surface area contributed by atoms with Crippen molar-refractivity contribution in [3.05, 3.63) is 46.0 Å². The maximum atomic E-state index is 11.1. The van der Waals surface area contributed by atoms with Crippen LogP contribution < -0.4 is 5.32 Å². The summed E-state index contributed by atoms with van der Waals surface area (Å²) in [5.41, 5.74) is 1.45. The Labute approximate surface area is 117 Å². The van der Waals surface area contributed by atoms with Crippen LogP contribution in [0.25, 0.3) is 11.3 Å². The number of hydrogen-bond donors (Lipinski definition) is 1. The molecule has 0 aliphatic carbocycles. The maximum Gasteiger partial charge on any atom is 0.280 e. The van der Waals surface area contributed by atoms with Gasteiger partial charge in [0.2, 0.25) is 0 Å². The lowest BCUT2D eigenvalue weighted by molar-refractivity contribution is -0.384. The van der Waals surface area contributed by atoms with Gasteiger partial charge in [0.15, 0.2) is 11.7 Å². The Hall–Kier alpha value is -2.21. The number of benzene rings is 1. The fourth-order valence-corrected chi connectivity index (χ4v) is 1.97. The van der Waals surface area contributed by atoms with Crippen molar-refractivity contribution in [2.24, 2.45) is 0 Å². The van der Waals surface area contributed by atoms with Gasteiger partial charge in [-0.2, -0.15) is 0 Å². The highest BCUT2D eigenvalue weighted by Crippen LogP contribution is 2.31. The van der Waals surface area contributed by atoms with Gasteiger partial charge in [-0.3, -0.25) is 10.1 Å². The summed E-state index contributed by atoms with van der Waals surface area (Å²) in [5.74, 6) is 1.05.